The highest BCUT2D eigenvalue weighted by Crippen LogP contribution is 2.28. The molecule has 0 aliphatic carbocycles. The third-order valence-corrected chi connectivity index (χ3v) is 6.63. The van der Waals surface area contributed by atoms with Gasteiger partial charge in [0.1, 0.15) is 11.6 Å². The molecule has 0 fully saturated rings. The largest absolute Gasteiger partial charge is 0.352 e. The van der Waals surface area contributed by atoms with E-state index in [1.54, 1.807) is 42.6 Å². The minimum absolute atomic E-state index is 0. The van der Waals surface area contributed by atoms with Gasteiger partial charge in [-0.3, -0.25) is 4.72 Å². The molecular formula is C27H28ClFN8O2S. The Balaban J connectivity index is 0.00000370. The van der Waals surface area contributed by atoms with Gasteiger partial charge in [0.2, 0.25) is 21.9 Å². The van der Waals surface area contributed by atoms with E-state index in [-0.39, 0.29) is 18.2 Å². The standard InChI is InChI=1S/C27H27FN8O2S.ClH/c1-35(25-13-14-29-26(33-25)31-20-7-9-21(10-8-20)34-39(3,37)38)22-11-12-24-23(16-22)32-27(36(24)2)30-17-18-5-4-6-19(28)15-18;/h4-16,34H,17H2,1-3H3,(H,30,32)(H,29,31,33);1H. The van der Waals surface area contributed by atoms with Crippen molar-refractivity contribution >= 4 is 68.2 Å². The summed E-state index contributed by atoms with van der Waals surface area (Å²) in [5.74, 6) is 1.48. The number of rotatable bonds is 9. The predicted molar refractivity (Wildman–Crippen MR) is 160 cm³/mol. The minimum Gasteiger partial charge on any atom is -0.352 e. The van der Waals surface area contributed by atoms with Gasteiger partial charge in [0.15, 0.2) is 0 Å². The molecule has 10 nitrogen and oxygen atoms in total. The highest BCUT2D eigenvalue weighted by molar-refractivity contribution is 7.92. The van der Waals surface area contributed by atoms with Crippen LogP contribution in [0.15, 0.2) is 79.0 Å². The van der Waals surface area contributed by atoms with E-state index in [9.17, 15) is 12.8 Å². The van der Waals surface area contributed by atoms with Gasteiger partial charge in [-0.15, -0.1) is 12.4 Å². The van der Waals surface area contributed by atoms with Crippen molar-refractivity contribution < 1.29 is 12.8 Å². The van der Waals surface area contributed by atoms with Crippen molar-refractivity contribution in [3.63, 3.8) is 0 Å². The predicted octanol–water partition coefficient (Wildman–Crippen LogP) is 5.42. The van der Waals surface area contributed by atoms with Gasteiger partial charge in [0.05, 0.1) is 17.3 Å². The molecule has 0 aliphatic rings. The summed E-state index contributed by atoms with van der Waals surface area (Å²) in [6.45, 7) is 0.454. The average Bonchev–Trinajstić information content (AvgIpc) is 3.22. The van der Waals surface area contributed by atoms with Crippen molar-refractivity contribution in [1.29, 1.82) is 0 Å². The molecule has 3 N–H and O–H groups in total. The molecule has 13 heteroatoms. The number of imidazole rings is 1. The molecule has 208 valence electrons. The van der Waals surface area contributed by atoms with E-state index in [0.29, 0.717) is 35.6 Å². The lowest BCUT2D eigenvalue weighted by Gasteiger charge is -2.19. The topological polar surface area (TPSA) is 117 Å². The van der Waals surface area contributed by atoms with Crippen LogP contribution < -0.4 is 20.3 Å². The van der Waals surface area contributed by atoms with E-state index in [2.05, 4.69) is 25.3 Å². The van der Waals surface area contributed by atoms with E-state index in [1.165, 1.54) is 12.1 Å². The summed E-state index contributed by atoms with van der Waals surface area (Å²) in [4.78, 5) is 15.6. The first-order valence-electron chi connectivity index (χ1n) is 12.0. The number of nitrogens with one attached hydrogen (secondary N) is 3. The van der Waals surface area contributed by atoms with Crippen LogP contribution in [0.5, 0.6) is 0 Å². The van der Waals surface area contributed by atoms with Gasteiger partial charge in [-0.05, 0) is 66.2 Å². The van der Waals surface area contributed by atoms with Crippen molar-refractivity contribution in [2.45, 2.75) is 6.54 Å². The monoisotopic (exact) mass is 582 g/mol. The second kappa shape index (κ2) is 11.8. The fraction of sp³-hybridized carbons (Fsp3) is 0.148. The molecule has 0 saturated carbocycles. The van der Waals surface area contributed by atoms with Gasteiger partial charge in [-0.25, -0.2) is 22.8 Å². The number of sulfonamides is 1. The van der Waals surface area contributed by atoms with Crippen LogP contribution in [0.3, 0.4) is 0 Å². The lowest BCUT2D eigenvalue weighted by molar-refractivity contribution is 0.607. The SMILES string of the molecule is CN(c1ccc2c(c1)nc(NCc1cccc(F)c1)n2C)c1ccnc(Nc2ccc(NS(C)(=O)=O)cc2)n1.Cl. The summed E-state index contributed by atoms with van der Waals surface area (Å²) in [5, 5.41) is 6.42. The molecular weight excluding hydrogens is 555 g/mol. The molecule has 0 radical (unpaired) electrons. The van der Waals surface area contributed by atoms with Crippen molar-refractivity contribution in [1.82, 2.24) is 19.5 Å². The number of nitrogens with zero attached hydrogens (tertiary/aromatic N) is 5. The van der Waals surface area contributed by atoms with Crippen LogP contribution in [0.4, 0.5) is 39.2 Å². The smallest absolute Gasteiger partial charge is 0.229 e. The van der Waals surface area contributed by atoms with Gasteiger partial charge in [-0.1, -0.05) is 12.1 Å². The summed E-state index contributed by atoms with van der Waals surface area (Å²) < 4.78 is 40.7. The van der Waals surface area contributed by atoms with Gasteiger partial charge < -0.3 is 20.1 Å². The van der Waals surface area contributed by atoms with Crippen LogP contribution in [-0.4, -0.2) is 41.2 Å². The molecule has 5 rings (SSSR count). The maximum Gasteiger partial charge on any atom is 0.229 e. The summed E-state index contributed by atoms with van der Waals surface area (Å²) in [6.07, 6.45) is 2.76. The maximum absolute atomic E-state index is 13.5. The lowest BCUT2D eigenvalue weighted by atomic mass is 10.2. The van der Waals surface area contributed by atoms with Crippen LogP contribution in [0.1, 0.15) is 5.56 Å². The number of benzene rings is 3. The van der Waals surface area contributed by atoms with Crippen LogP contribution >= 0.6 is 12.4 Å². The number of aromatic nitrogens is 4. The maximum atomic E-state index is 13.5. The fourth-order valence-electron chi connectivity index (χ4n) is 4.08. The number of aryl methyl sites for hydroxylation is 1. The van der Waals surface area contributed by atoms with E-state index in [1.807, 2.05) is 47.8 Å². The van der Waals surface area contributed by atoms with Crippen LogP contribution in [0.2, 0.25) is 0 Å². The van der Waals surface area contributed by atoms with Crippen molar-refractivity contribution in [2.24, 2.45) is 7.05 Å². The first-order valence-corrected chi connectivity index (χ1v) is 13.9. The quantitative estimate of drug-likeness (QED) is 0.211. The molecule has 0 unspecified atom stereocenters. The average molecular weight is 583 g/mol. The Bertz CT molecular complexity index is 1750. The summed E-state index contributed by atoms with van der Waals surface area (Å²) in [7, 11) is 0.493. The zero-order chi connectivity index (χ0) is 27.6. The Labute approximate surface area is 237 Å². The molecule has 0 bridgehead atoms. The van der Waals surface area contributed by atoms with Crippen molar-refractivity contribution in [3.05, 3.63) is 90.4 Å². The number of anilines is 6. The molecule has 2 aromatic heterocycles. The van der Waals surface area contributed by atoms with Crippen LogP contribution in [-0.2, 0) is 23.6 Å². The fourth-order valence-corrected chi connectivity index (χ4v) is 4.64. The minimum atomic E-state index is -3.34. The normalized spacial score (nSPS) is 11.1. The van der Waals surface area contributed by atoms with E-state index >= 15 is 0 Å². The van der Waals surface area contributed by atoms with E-state index in [4.69, 9.17) is 4.98 Å². The molecule has 3 aromatic carbocycles. The number of halogens is 2. The number of hydrogen-bond donors (Lipinski definition) is 3. The summed E-state index contributed by atoms with van der Waals surface area (Å²) in [6, 6.07) is 21.0. The lowest BCUT2D eigenvalue weighted by Crippen LogP contribution is -2.12. The Hall–Kier alpha value is -4.42. The Kier molecular flexibility index (Phi) is 8.40. The molecule has 0 saturated heterocycles. The highest BCUT2D eigenvalue weighted by Gasteiger charge is 2.13. The van der Waals surface area contributed by atoms with Gasteiger partial charge in [0.25, 0.3) is 0 Å². The second-order valence-corrected chi connectivity index (χ2v) is 10.8. The van der Waals surface area contributed by atoms with Crippen LogP contribution in [0.25, 0.3) is 11.0 Å². The van der Waals surface area contributed by atoms with Crippen molar-refractivity contribution in [3.8, 4) is 0 Å². The third kappa shape index (κ3) is 6.77. The first-order chi connectivity index (χ1) is 18.6. The number of fused-ring (bicyclic) bond motifs is 1. The van der Waals surface area contributed by atoms with E-state index in [0.717, 1.165) is 28.5 Å². The molecule has 0 aliphatic heterocycles. The first kappa shape index (κ1) is 28.6. The zero-order valence-electron chi connectivity index (χ0n) is 22.0. The van der Waals surface area contributed by atoms with Gasteiger partial charge >= 0.3 is 0 Å². The van der Waals surface area contributed by atoms with Crippen molar-refractivity contribution in [2.75, 3.05) is 33.6 Å². The third-order valence-electron chi connectivity index (χ3n) is 6.02. The van der Waals surface area contributed by atoms with E-state index < -0.39 is 10.0 Å². The summed E-state index contributed by atoms with van der Waals surface area (Å²) >= 11 is 0. The molecule has 40 heavy (non-hydrogen) atoms. The zero-order valence-corrected chi connectivity index (χ0v) is 23.6. The molecule has 2 heterocycles. The highest BCUT2D eigenvalue weighted by atomic mass is 35.5. The number of hydrogen-bond acceptors (Lipinski definition) is 8. The Morgan fingerprint density at radius 3 is 2.45 bits per heavy atom. The molecule has 0 atom stereocenters. The molecule has 0 amide bonds. The van der Waals surface area contributed by atoms with Gasteiger partial charge in [0, 0.05) is 43.9 Å². The molecule has 0 spiro atoms. The Morgan fingerprint density at radius 2 is 1.73 bits per heavy atom. The second-order valence-electron chi connectivity index (χ2n) is 9.02. The Morgan fingerprint density at radius 1 is 0.975 bits per heavy atom. The molecule has 5 aromatic rings. The van der Waals surface area contributed by atoms with Gasteiger partial charge in [-0.2, -0.15) is 4.98 Å². The summed E-state index contributed by atoms with van der Waals surface area (Å²) in [5.41, 5.74) is 4.65. The van der Waals surface area contributed by atoms with Crippen LogP contribution in [0, 0.1) is 5.82 Å².